The predicted octanol–water partition coefficient (Wildman–Crippen LogP) is 1.08. The lowest BCUT2D eigenvalue weighted by Gasteiger charge is -2.21. The Labute approximate surface area is 73.2 Å². The molecular formula is C7H14O4S. The van der Waals surface area contributed by atoms with Crippen molar-refractivity contribution in [3.63, 3.8) is 0 Å². The van der Waals surface area contributed by atoms with Gasteiger partial charge >= 0.3 is 10.4 Å². The van der Waals surface area contributed by atoms with Crippen LogP contribution in [-0.2, 0) is 18.8 Å². The molecule has 5 heteroatoms. The van der Waals surface area contributed by atoms with Gasteiger partial charge in [0.2, 0.25) is 0 Å². The second-order valence-corrected chi connectivity index (χ2v) is 5.06. The van der Waals surface area contributed by atoms with E-state index in [1.165, 1.54) is 0 Å². The minimum absolute atomic E-state index is 0.206. The summed E-state index contributed by atoms with van der Waals surface area (Å²) in [6, 6.07) is 0. The van der Waals surface area contributed by atoms with Crippen LogP contribution in [0.3, 0.4) is 0 Å². The van der Waals surface area contributed by atoms with E-state index in [9.17, 15) is 8.42 Å². The summed E-state index contributed by atoms with van der Waals surface area (Å²) in [4.78, 5) is 0. The lowest BCUT2D eigenvalue weighted by molar-refractivity contribution is 0.0959. The van der Waals surface area contributed by atoms with Crippen LogP contribution in [0.25, 0.3) is 0 Å². The monoisotopic (exact) mass is 194 g/mol. The molecule has 4 nitrogen and oxygen atoms in total. The average molecular weight is 194 g/mol. The molecule has 0 spiro atoms. The van der Waals surface area contributed by atoms with Crippen molar-refractivity contribution in [2.45, 2.75) is 32.8 Å². The van der Waals surface area contributed by atoms with Gasteiger partial charge in [0, 0.05) is 0 Å². The van der Waals surface area contributed by atoms with E-state index in [1.54, 1.807) is 13.8 Å². The molecule has 0 aromatic heterocycles. The normalized spacial score (nSPS) is 34.1. The highest BCUT2D eigenvalue weighted by molar-refractivity contribution is 7.81. The first-order valence-corrected chi connectivity index (χ1v) is 5.24. The average Bonchev–Trinajstić information content (AvgIpc) is 1.86. The molecule has 0 aromatic carbocycles. The molecule has 0 radical (unpaired) electrons. The zero-order chi connectivity index (χ0) is 9.41. The Balaban J connectivity index is 2.84. The van der Waals surface area contributed by atoms with Crippen LogP contribution in [-0.4, -0.2) is 20.6 Å². The molecular weight excluding hydrogens is 180 g/mol. The molecule has 1 fully saturated rings. The van der Waals surface area contributed by atoms with E-state index in [0.717, 1.165) is 0 Å². The van der Waals surface area contributed by atoms with Crippen LogP contribution in [0.1, 0.15) is 27.2 Å². The molecule has 1 unspecified atom stereocenters. The number of hydrogen-bond donors (Lipinski definition) is 0. The first kappa shape index (κ1) is 9.95. The predicted molar refractivity (Wildman–Crippen MR) is 43.8 cm³/mol. The number of hydrogen-bond acceptors (Lipinski definition) is 4. The first-order chi connectivity index (χ1) is 5.31. The summed E-state index contributed by atoms with van der Waals surface area (Å²) >= 11 is 0. The van der Waals surface area contributed by atoms with Gasteiger partial charge in [-0.15, -0.1) is 0 Å². The van der Waals surface area contributed by atoms with Crippen LogP contribution in [0, 0.1) is 5.92 Å². The van der Waals surface area contributed by atoms with Gasteiger partial charge in [0.25, 0.3) is 0 Å². The van der Waals surface area contributed by atoms with Gasteiger partial charge in [-0.05, 0) is 26.2 Å². The van der Waals surface area contributed by atoms with Crippen LogP contribution >= 0.6 is 0 Å². The highest BCUT2D eigenvalue weighted by atomic mass is 32.3. The molecule has 0 saturated carbocycles. The van der Waals surface area contributed by atoms with E-state index in [1.807, 2.05) is 6.92 Å². The highest BCUT2D eigenvalue weighted by Crippen LogP contribution is 2.27. The van der Waals surface area contributed by atoms with Crippen molar-refractivity contribution < 1.29 is 16.8 Å². The Kier molecular flexibility index (Phi) is 2.47. The van der Waals surface area contributed by atoms with Gasteiger partial charge in [0.1, 0.15) is 0 Å². The fourth-order valence-electron chi connectivity index (χ4n) is 1.43. The molecule has 1 heterocycles. The zero-order valence-electron chi connectivity index (χ0n) is 7.53. The first-order valence-electron chi connectivity index (χ1n) is 3.91. The van der Waals surface area contributed by atoms with Gasteiger partial charge < -0.3 is 0 Å². The van der Waals surface area contributed by atoms with Crippen LogP contribution in [0.15, 0.2) is 0 Å². The van der Waals surface area contributed by atoms with Crippen LogP contribution in [0.2, 0.25) is 0 Å². The van der Waals surface area contributed by atoms with Gasteiger partial charge in [0.05, 0.1) is 12.2 Å². The molecule has 0 amide bonds. The maximum atomic E-state index is 11.0. The molecule has 0 aromatic rings. The van der Waals surface area contributed by atoms with Gasteiger partial charge in [-0.1, -0.05) is 6.92 Å². The highest BCUT2D eigenvalue weighted by Gasteiger charge is 2.33. The number of rotatable bonds is 0. The van der Waals surface area contributed by atoms with Crippen molar-refractivity contribution >= 4 is 10.4 Å². The standard InChI is InChI=1S/C7H14O4S/c1-6-4-7(2,3)11-12(8,9)10-5-6/h6H,4-5H2,1-3H3. The Morgan fingerprint density at radius 1 is 1.42 bits per heavy atom. The second-order valence-electron chi connectivity index (χ2n) is 3.85. The van der Waals surface area contributed by atoms with Crippen LogP contribution in [0.5, 0.6) is 0 Å². The lowest BCUT2D eigenvalue weighted by atomic mass is 9.96. The van der Waals surface area contributed by atoms with Crippen molar-refractivity contribution in [3.05, 3.63) is 0 Å². The van der Waals surface area contributed by atoms with E-state index in [4.69, 9.17) is 4.18 Å². The minimum atomic E-state index is -3.76. The van der Waals surface area contributed by atoms with E-state index in [2.05, 4.69) is 4.18 Å². The SMILES string of the molecule is CC1COS(=O)(=O)OC(C)(C)C1. The Hall–Kier alpha value is -0.130. The zero-order valence-corrected chi connectivity index (χ0v) is 8.35. The van der Waals surface area contributed by atoms with E-state index in [0.29, 0.717) is 6.42 Å². The van der Waals surface area contributed by atoms with Gasteiger partial charge in [-0.3, -0.25) is 0 Å². The third-order valence-electron chi connectivity index (χ3n) is 1.66. The summed E-state index contributed by atoms with van der Waals surface area (Å²) in [6.45, 7) is 5.64. The molecule has 1 aliphatic rings. The molecule has 0 aliphatic carbocycles. The molecule has 1 atom stereocenters. The molecule has 0 N–H and O–H groups in total. The Bertz CT molecular complexity index is 255. The lowest BCUT2D eigenvalue weighted by Crippen LogP contribution is -2.27. The summed E-state index contributed by atoms with van der Waals surface area (Å²) < 4.78 is 31.4. The van der Waals surface area contributed by atoms with Gasteiger partial charge in [-0.2, -0.15) is 8.42 Å². The third-order valence-corrected chi connectivity index (χ3v) is 2.74. The summed E-state index contributed by atoms with van der Waals surface area (Å²) in [5, 5.41) is 0. The van der Waals surface area contributed by atoms with E-state index in [-0.39, 0.29) is 12.5 Å². The maximum Gasteiger partial charge on any atom is 0.400 e. The smallest absolute Gasteiger partial charge is 0.248 e. The van der Waals surface area contributed by atoms with Crippen molar-refractivity contribution in [1.29, 1.82) is 0 Å². The maximum absolute atomic E-state index is 11.0. The Morgan fingerprint density at radius 3 is 2.58 bits per heavy atom. The van der Waals surface area contributed by atoms with Crippen molar-refractivity contribution in [2.75, 3.05) is 6.61 Å². The van der Waals surface area contributed by atoms with Crippen molar-refractivity contribution in [2.24, 2.45) is 5.92 Å². The van der Waals surface area contributed by atoms with Gasteiger partial charge in [0.15, 0.2) is 0 Å². The Morgan fingerprint density at radius 2 is 2.00 bits per heavy atom. The largest absolute Gasteiger partial charge is 0.400 e. The molecule has 72 valence electrons. The molecule has 1 saturated heterocycles. The van der Waals surface area contributed by atoms with Crippen molar-refractivity contribution in [1.82, 2.24) is 0 Å². The summed E-state index contributed by atoms with van der Waals surface area (Å²) in [7, 11) is -3.76. The summed E-state index contributed by atoms with van der Waals surface area (Å²) in [6.07, 6.45) is 0.687. The second kappa shape index (κ2) is 2.97. The molecule has 0 bridgehead atoms. The fourth-order valence-corrected chi connectivity index (χ4v) is 2.50. The summed E-state index contributed by atoms with van der Waals surface area (Å²) in [5.41, 5.74) is -0.644. The summed E-state index contributed by atoms with van der Waals surface area (Å²) in [5.74, 6) is 0.206. The van der Waals surface area contributed by atoms with E-state index >= 15 is 0 Å². The van der Waals surface area contributed by atoms with Crippen molar-refractivity contribution in [3.8, 4) is 0 Å². The minimum Gasteiger partial charge on any atom is -0.248 e. The van der Waals surface area contributed by atoms with E-state index < -0.39 is 16.0 Å². The molecule has 1 rings (SSSR count). The van der Waals surface area contributed by atoms with Crippen LogP contribution < -0.4 is 0 Å². The molecule has 1 aliphatic heterocycles. The third kappa shape index (κ3) is 2.73. The van der Waals surface area contributed by atoms with Gasteiger partial charge in [-0.25, -0.2) is 8.37 Å². The molecule has 12 heavy (non-hydrogen) atoms. The quantitative estimate of drug-likeness (QED) is 0.579. The van der Waals surface area contributed by atoms with Crippen LogP contribution in [0.4, 0.5) is 0 Å². The topological polar surface area (TPSA) is 52.6 Å². The fraction of sp³-hybridized carbons (Fsp3) is 1.00.